The molecule has 1 N–H and O–H groups in total. The van der Waals surface area contributed by atoms with Gasteiger partial charge >= 0.3 is 5.69 Å². The quantitative estimate of drug-likeness (QED) is 0.639. The largest absolute Gasteiger partial charge is 0.376 e. The molecule has 1 fully saturated rings. The van der Waals surface area contributed by atoms with E-state index in [1.165, 1.54) is 6.07 Å². The summed E-state index contributed by atoms with van der Waals surface area (Å²) in [6.07, 6.45) is 3.80. The number of anilines is 1. The number of aromatic nitrogens is 1. The van der Waals surface area contributed by atoms with Gasteiger partial charge in [0.1, 0.15) is 0 Å². The summed E-state index contributed by atoms with van der Waals surface area (Å²) >= 11 is 0. The molecular formula is C11H15N3O3. The molecule has 0 saturated carbocycles. The van der Waals surface area contributed by atoms with Crippen LogP contribution in [0.25, 0.3) is 0 Å². The van der Waals surface area contributed by atoms with E-state index in [-0.39, 0.29) is 11.8 Å². The van der Waals surface area contributed by atoms with Crippen molar-refractivity contribution in [2.75, 3.05) is 18.5 Å². The Balaban J connectivity index is 2.06. The molecule has 6 heteroatoms. The number of nitrogens with zero attached hydrogens (tertiary/aromatic N) is 2. The van der Waals surface area contributed by atoms with Gasteiger partial charge in [-0.15, -0.1) is 0 Å². The molecular weight excluding hydrogens is 222 g/mol. The highest BCUT2D eigenvalue weighted by atomic mass is 16.6. The van der Waals surface area contributed by atoms with E-state index in [1.54, 1.807) is 13.1 Å². The molecule has 0 aliphatic carbocycles. The lowest BCUT2D eigenvalue weighted by Crippen LogP contribution is -2.19. The summed E-state index contributed by atoms with van der Waals surface area (Å²) in [5.41, 5.74) is 0.794. The summed E-state index contributed by atoms with van der Waals surface area (Å²) in [5.74, 6) is 0.316. The molecule has 0 amide bonds. The fourth-order valence-electron chi connectivity index (χ4n) is 1.84. The third kappa shape index (κ3) is 2.91. The minimum atomic E-state index is -0.419. The van der Waals surface area contributed by atoms with Crippen LogP contribution >= 0.6 is 0 Å². The van der Waals surface area contributed by atoms with E-state index in [0.29, 0.717) is 12.4 Å². The van der Waals surface area contributed by atoms with Gasteiger partial charge in [-0.05, 0) is 25.3 Å². The van der Waals surface area contributed by atoms with Crippen molar-refractivity contribution in [1.82, 2.24) is 4.98 Å². The average Bonchev–Trinajstić information content (AvgIpc) is 2.80. The number of pyridine rings is 1. The van der Waals surface area contributed by atoms with Crippen molar-refractivity contribution in [2.24, 2.45) is 0 Å². The highest BCUT2D eigenvalue weighted by molar-refractivity contribution is 5.56. The lowest BCUT2D eigenvalue weighted by Gasteiger charge is -2.11. The van der Waals surface area contributed by atoms with E-state index in [4.69, 9.17) is 4.74 Å². The number of nitrogens with one attached hydrogen (secondary N) is 1. The molecule has 1 aliphatic rings. The average molecular weight is 237 g/mol. The monoisotopic (exact) mass is 237 g/mol. The van der Waals surface area contributed by atoms with Crippen molar-refractivity contribution in [2.45, 2.75) is 25.9 Å². The maximum Gasteiger partial charge on any atom is 0.311 e. The maximum absolute atomic E-state index is 10.9. The lowest BCUT2D eigenvalue weighted by molar-refractivity contribution is -0.384. The van der Waals surface area contributed by atoms with E-state index < -0.39 is 4.92 Å². The van der Waals surface area contributed by atoms with Crippen LogP contribution in [-0.2, 0) is 4.74 Å². The van der Waals surface area contributed by atoms with Gasteiger partial charge in [-0.3, -0.25) is 10.1 Å². The van der Waals surface area contributed by atoms with Crippen molar-refractivity contribution >= 4 is 11.5 Å². The van der Waals surface area contributed by atoms with Crippen LogP contribution in [0.2, 0.25) is 0 Å². The number of hydrogen-bond donors (Lipinski definition) is 1. The second-order valence-electron chi connectivity index (χ2n) is 4.15. The van der Waals surface area contributed by atoms with Gasteiger partial charge in [0, 0.05) is 25.4 Å². The SMILES string of the molecule is Cc1cnc(NC[C@@H]2CCCO2)c([N+](=O)[O-])c1. The molecule has 17 heavy (non-hydrogen) atoms. The number of nitro groups is 1. The first-order valence-electron chi connectivity index (χ1n) is 5.63. The first-order valence-corrected chi connectivity index (χ1v) is 5.63. The van der Waals surface area contributed by atoms with Gasteiger partial charge in [-0.1, -0.05) is 0 Å². The molecule has 1 aliphatic heterocycles. The van der Waals surface area contributed by atoms with Gasteiger partial charge in [0.25, 0.3) is 0 Å². The standard InChI is InChI=1S/C11H15N3O3/c1-8-5-10(14(15)16)11(12-6-8)13-7-9-3-2-4-17-9/h5-6,9H,2-4,7H2,1H3,(H,12,13)/t9-/m0/s1. The van der Waals surface area contributed by atoms with Gasteiger partial charge in [0.05, 0.1) is 11.0 Å². The van der Waals surface area contributed by atoms with Crippen molar-refractivity contribution in [3.8, 4) is 0 Å². The van der Waals surface area contributed by atoms with Crippen molar-refractivity contribution in [1.29, 1.82) is 0 Å². The van der Waals surface area contributed by atoms with Crippen LogP contribution in [0, 0.1) is 17.0 Å². The Bertz CT molecular complexity index is 416. The predicted octanol–water partition coefficient (Wildman–Crippen LogP) is 1.89. The third-order valence-electron chi connectivity index (χ3n) is 2.72. The molecule has 0 spiro atoms. The molecule has 1 aromatic rings. The molecule has 0 unspecified atom stereocenters. The van der Waals surface area contributed by atoms with Crippen LogP contribution in [0.4, 0.5) is 11.5 Å². The Hall–Kier alpha value is -1.69. The van der Waals surface area contributed by atoms with E-state index in [0.717, 1.165) is 25.0 Å². The summed E-state index contributed by atoms with van der Waals surface area (Å²) < 4.78 is 5.44. The number of aryl methyl sites for hydroxylation is 1. The van der Waals surface area contributed by atoms with Crippen molar-refractivity contribution in [3.63, 3.8) is 0 Å². The number of ether oxygens (including phenoxy) is 1. The van der Waals surface area contributed by atoms with Crippen LogP contribution < -0.4 is 5.32 Å². The van der Waals surface area contributed by atoms with Crippen LogP contribution in [0.1, 0.15) is 18.4 Å². The molecule has 1 saturated heterocycles. The molecule has 6 nitrogen and oxygen atoms in total. The minimum Gasteiger partial charge on any atom is -0.376 e. The summed E-state index contributed by atoms with van der Waals surface area (Å²) in [7, 11) is 0. The predicted molar refractivity (Wildman–Crippen MR) is 63.1 cm³/mol. The zero-order valence-electron chi connectivity index (χ0n) is 9.68. The smallest absolute Gasteiger partial charge is 0.311 e. The van der Waals surface area contributed by atoms with E-state index in [1.807, 2.05) is 0 Å². The molecule has 1 atom stereocenters. The van der Waals surface area contributed by atoms with Crippen molar-refractivity contribution < 1.29 is 9.66 Å². The molecule has 0 bridgehead atoms. The Morgan fingerprint density at radius 1 is 1.71 bits per heavy atom. The highest BCUT2D eigenvalue weighted by Crippen LogP contribution is 2.23. The van der Waals surface area contributed by atoms with E-state index in [9.17, 15) is 10.1 Å². The number of hydrogen-bond acceptors (Lipinski definition) is 5. The molecule has 1 aromatic heterocycles. The van der Waals surface area contributed by atoms with Crippen LogP contribution in [0.15, 0.2) is 12.3 Å². The van der Waals surface area contributed by atoms with Gasteiger partial charge in [-0.25, -0.2) is 4.98 Å². The van der Waals surface area contributed by atoms with Crippen molar-refractivity contribution in [3.05, 3.63) is 27.9 Å². The Morgan fingerprint density at radius 3 is 3.18 bits per heavy atom. The third-order valence-corrected chi connectivity index (χ3v) is 2.72. The van der Waals surface area contributed by atoms with E-state index >= 15 is 0 Å². The Morgan fingerprint density at radius 2 is 2.53 bits per heavy atom. The van der Waals surface area contributed by atoms with Crippen LogP contribution in [0.5, 0.6) is 0 Å². The molecule has 2 rings (SSSR count). The van der Waals surface area contributed by atoms with E-state index in [2.05, 4.69) is 10.3 Å². The minimum absolute atomic E-state index is 0.0167. The molecule has 0 aromatic carbocycles. The van der Waals surface area contributed by atoms with Gasteiger partial charge in [0.2, 0.25) is 5.82 Å². The summed E-state index contributed by atoms with van der Waals surface area (Å²) in [6, 6.07) is 1.52. The zero-order valence-corrected chi connectivity index (χ0v) is 9.68. The normalized spacial score (nSPS) is 19.2. The fourth-order valence-corrected chi connectivity index (χ4v) is 1.84. The van der Waals surface area contributed by atoms with Crippen LogP contribution in [-0.4, -0.2) is 29.2 Å². The Kier molecular flexibility index (Phi) is 3.53. The van der Waals surface area contributed by atoms with Crippen LogP contribution in [0.3, 0.4) is 0 Å². The Labute approximate surface area is 99.2 Å². The topological polar surface area (TPSA) is 77.3 Å². The summed E-state index contributed by atoms with van der Waals surface area (Å²) in [5, 5.41) is 13.9. The lowest BCUT2D eigenvalue weighted by atomic mass is 10.2. The first-order chi connectivity index (χ1) is 8.16. The number of rotatable bonds is 4. The summed E-state index contributed by atoms with van der Waals surface area (Å²) in [6.45, 7) is 3.12. The fraction of sp³-hybridized carbons (Fsp3) is 0.545. The molecule has 2 heterocycles. The highest BCUT2D eigenvalue weighted by Gasteiger charge is 2.19. The van der Waals surface area contributed by atoms with Gasteiger partial charge in [0.15, 0.2) is 0 Å². The second kappa shape index (κ2) is 5.09. The molecule has 0 radical (unpaired) electrons. The van der Waals surface area contributed by atoms with Gasteiger partial charge in [-0.2, -0.15) is 0 Å². The molecule has 92 valence electrons. The zero-order chi connectivity index (χ0) is 12.3. The van der Waals surface area contributed by atoms with Gasteiger partial charge < -0.3 is 10.1 Å². The first kappa shape index (κ1) is 11.8. The maximum atomic E-state index is 10.9. The summed E-state index contributed by atoms with van der Waals surface area (Å²) in [4.78, 5) is 14.5. The second-order valence-corrected chi connectivity index (χ2v) is 4.15.